The van der Waals surface area contributed by atoms with Gasteiger partial charge in [-0.25, -0.2) is 4.98 Å². The maximum Gasteiger partial charge on any atom is 0.257 e. The predicted octanol–water partition coefficient (Wildman–Crippen LogP) is 4.66. The highest BCUT2D eigenvalue weighted by molar-refractivity contribution is 7.98. The van der Waals surface area contributed by atoms with E-state index >= 15 is 0 Å². The summed E-state index contributed by atoms with van der Waals surface area (Å²) in [6.07, 6.45) is 3.23. The minimum absolute atomic E-state index is 0.00795. The zero-order valence-corrected chi connectivity index (χ0v) is 18.1. The second kappa shape index (κ2) is 9.11. The Morgan fingerprint density at radius 1 is 1.10 bits per heavy atom. The standard InChI is InChI=1S/C24H25N3OS/c1-5-21-22(13-20-10-16(2)9-17(3)11-20)26-24(29-4)27(23(21)28)15-19-8-6-7-18(12-19)14-25/h6-12H,5,13,15H2,1-4H3. The van der Waals surface area contributed by atoms with Gasteiger partial charge < -0.3 is 0 Å². The van der Waals surface area contributed by atoms with Gasteiger partial charge in [0.25, 0.3) is 5.56 Å². The fourth-order valence-corrected chi connectivity index (χ4v) is 4.27. The van der Waals surface area contributed by atoms with E-state index in [-0.39, 0.29) is 5.56 Å². The van der Waals surface area contributed by atoms with Crippen LogP contribution in [-0.2, 0) is 19.4 Å². The number of hydrogen-bond donors (Lipinski definition) is 0. The van der Waals surface area contributed by atoms with Crippen molar-refractivity contribution >= 4 is 11.8 Å². The molecule has 148 valence electrons. The first-order chi connectivity index (χ1) is 13.9. The second-order valence-corrected chi connectivity index (χ2v) is 8.03. The zero-order chi connectivity index (χ0) is 21.0. The molecule has 1 aromatic heterocycles. The third-order valence-corrected chi connectivity index (χ3v) is 5.58. The van der Waals surface area contributed by atoms with E-state index in [0.717, 1.165) is 16.8 Å². The lowest BCUT2D eigenvalue weighted by Gasteiger charge is -2.16. The number of nitriles is 1. The molecule has 0 saturated heterocycles. The fourth-order valence-electron chi connectivity index (χ4n) is 3.70. The molecule has 0 spiro atoms. The van der Waals surface area contributed by atoms with E-state index in [4.69, 9.17) is 10.2 Å². The van der Waals surface area contributed by atoms with Crippen molar-refractivity contribution < 1.29 is 0 Å². The van der Waals surface area contributed by atoms with Gasteiger partial charge in [0.2, 0.25) is 0 Å². The molecule has 0 aliphatic carbocycles. The summed E-state index contributed by atoms with van der Waals surface area (Å²) in [4.78, 5) is 18.2. The van der Waals surface area contributed by atoms with Gasteiger partial charge in [-0.15, -0.1) is 0 Å². The smallest absolute Gasteiger partial charge is 0.257 e. The maximum atomic E-state index is 13.3. The summed E-state index contributed by atoms with van der Waals surface area (Å²) in [6, 6.07) is 16.0. The summed E-state index contributed by atoms with van der Waals surface area (Å²) in [5.41, 5.74) is 6.75. The van der Waals surface area contributed by atoms with Crippen LogP contribution in [0.5, 0.6) is 0 Å². The van der Waals surface area contributed by atoms with Crippen molar-refractivity contribution in [3.63, 3.8) is 0 Å². The predicted molar refractivity (Wildman–Crippen MR) is 119 cm³/mol. The summed E-state index contributed by atoms with van der Waals surface area (Å²) in [5.74, 6) is 0. The lowest BCUT2D eigenvalue weighted by atomic mass is 10.0. The molecular formula is C24H25N3OS. The van der Waals surface area contributed by atoms with Gasteiger partial charge >= 0.3 is 0 Å². The Hall–Kier alpha value is -2.84. The van der Waals surface area contributed by atoms with Crippen molar-refractivity contribution in [3.8, 4) is 6.07 Å². The zero-order valence-electron chi connectivity index (χ0n) is 17.3. The summed E-state index contributed by atoms with van der Waals surface area (Å²) in [7, 11) is 0. The van der Waals surface area contributed by atoms with Crippen LogP contribution in [-0.4, -0.2) is 15.8 Å². The number of aromatic nitrogens is 2. The molecule has 0 aliphatic rings. The van der Waals surface area contributed by atoms with Gasteiger partial charge in [-0.1, -0.05) is 60.1 Å². The number of benzene rings is 2. The SMILES string of the molecule is CCc1c(Cc2cc(C)cc(C)c2)nc(SC)n(Cc2cccc(C#N)c2)c1=O. The van der Waals surface area contributed by atoms with Gasteiger partial charge in [-0.05, 0) is 49.8 Å². The largest absolute Gasteiger partial charge is 0.283 e. The molecule has 0 atom stereocenters. The van der Waals surface area contributed by atoms with Gasteiger partial charge in [0.05, 0.1) is 23.9 Å². The van der Waals surface area contributed by atoms with E-state index in [9.17, 15) is 4.79 Å². The van der Waals surface area contributed by atoms with Gasteiger partial charge in [-0.2, -0.15) is 5.26 Å². The Morgan fingerprint density at radius 2 is 1.83 bits per heavy atom. The van der Waals surface area contributed by atoms with Crippen LogP contribution in [0.2, 0.25) is 0 Å². The molecular weight excluding hydrogens is 378 g/mol. The molecule has 4 nitrogen and oxygen atoms in total. The fraction of sp³-hybridized carbons (Fsp3) is 0.292. The monoisotopic (exact) mass is 403 g/mol. The first-order valence-electron chi connectivity index (χ1n) is 9.68. The van der Waals surface area contributed by atoms with Crippen molar-refractivity contribution in [2.75, 3.05) is 6.26 Å². The lowest BCUT2D eigenvalue weighted by molar-refractivity contribution is 0.623. The molecule has 0 amide bonds. The van der Waals surface area contributed by atoms with E-state index in [1.54, 1.807) is 10.6 Å². The quantitative estimate of drug-likeness (QED) is 0.444. The molecule has 1 heterocycles. The van der Waals surface area contributed by atoms with Crippen LogP contribution in [0.1, 0.15) is 46.0 Å². The maximum absolute atomic E-state index is 13.3. The first kappa shape index (κ1) is 20.9. The van der Waals surface area contributed by atoms with Crippen molar-refractivity contribution in [2.24, 2.45) is 0 Å². The Kier molecular flexibility index (Phi) is 6.56. The second-order valence-electron chi connectivity index (χ2n) is 7.25. The molecule has 0 saturated carbocycles. The van der Waals surface area contributed by atoms with Gasteiger partial charge in [0.1, 0.15) is 0 Å². The number of hydrogen-bond acceptors (Lipinski definition) is 4. The third kappa shape index (κ3) is 4.78. The van der Waals surface area contributed by atoms with Crippen molar-refractivity contribution in [1.29, 1.82) is 5.26 Å². The Balaban J connectivity index is 2.05. The van der Waals surface area contributed by atoms with Crippen LogP contribution in [0.25, 0.3) is 0 Å². The normalized spacial score (nSPS) is 10.7. The first-order valence-corrected chi connectivity index (χ1v) is 10.9. The topological polar surface area (TPSA) is 58.7 Å². The molecule has 0 unspecified atom stereocenters. The van der Waals surface area contributed by atoms with Crippen LogP contribution < -0.4 is 5.56 Å². The van der Waals surface area contributed by atoms with E-state index in [1.807, 2.05) is 31.4 Å². The molecule has 0 bridgehead atoms. The molecule has 0 radical (unpaired) electrons. The highest BCUT2D eigenvalue weighted by Gasteiger charge is 2.16. The lowest BCUT2D eigenvalue weighted by Crippen LogP contribution is -2.29. The summed E-state index contributed by atoms with van der Waals surface area (Å²) >= 11 is 1.48. The van der Waals surface area contributed by atoms with E-state index < -0.39 is 0 Å². The van der Waals surface area contributed by atoms with Crippen LogP contribution in [0.15, 0.2) is 52.4 Å². The molecule has 5 heteroatoms. The van der Waals surface area contributed by atoms with Gasteiger partial charge in [-0.3, -0.25) is 9.36 Å². The highest BCUT2D eigenvalue weighted by Crippen LogP contribution is 2.19. The Labute approximate surface area is 176 Å². The minimum Gasteiger partial charge on any atom is -0.283 e. The number of nitrogens with zero attached hydrogens (tertiary/aromatic N) is 3. The van der Waals surface area contributed by atoms with Gasteiger partial charge in [0.15, 0.2) is 5.16 Å². The Bertz CT molecular complexity index is 1120. The molecule has 3 rings (SSSR count). The van der Waals surface area contributed by atoms with Crippen LogP contribution in [0, 0.1) is 25.2 Å². The average molecular weight is 404 g/mol. The minimum atomic E-state index is 0.00795. The third-order valence-electron chi connectivity index (χ3n) is 4.90. The number of thioether (sulfide) groups is 1. The molecule has 0 aliphatic heterocycles. The number of rotatable bonds is 6. The highest BCUT2D eigenvalue weighted by atomic mass is 32.2. The van der Waals surface area contributed by atoms with Crippen LogP contribution in [0.4, 0.5) is 0 Å². The molecule has 0 fully saturated rings. The van der Waals surface area contributed by atoms with Crippen LogP contribution >= 0.6 is 11.8 Å². The van der Waals surface area contributed by atoms with E-state index in [0.29, 0.717) is 30.1 Å². The van der Waals surface area contributed by atoms with Crippen molar-refractivity contribution in [1.82, 2.24) is 9.55 Å². The molecule has 29 heavy (non-hydrogen) atoms. The summed E-state index contributed by atoms with van der Waals surface area (Å²) in [6.45, 7) is 6.59. The molecule has 3 aromatic rings. The Morgan fingerprint density at radius 3 is 2.45 bits per heavy atom. The number of aryl methyl sites for hydroxylation is 2. The summed E-state index contributed by atoms with van der Waals surface area (Å²) in [5, 5.41) is 9.85. The van der Waals surface area contributed by atoms with Gasteiger partial charge in [0, 0.05) is 12.0 Å². The van der Waals surface area contributed by atoms with Crippen molar-refractivity contribution in [2.45, 2.75) is 45.3 Å². The van der Waals surface area contributed by atoms with Crippen molar-refractivity contribution in [3.05, 3.63) is 91.9 Å². The van der Waals surface area contributed by atoms with Crippen LogP contribution in [0.3, 0.4) is 0 Å². The molecule has 0 N–H and O–H groups in total. The van der Waals surface area contributed by atoms with E-state index in [2.05, 4.69) is 38.1 Å². The van der Waals surface area contributed by atoms with E-state index in [1.165, 1.54) is 28.5 Å². The molecule has 2 aromatic carbocycles. The average Bonchev–Trinajstić information content (AvgIpc) is 2.69. The summed E-state index contributed by atoms with van der Waals surface area (Å²) < 4.78 is 1.73.